The molecule has 4 nitrogen and oxygen atoms in total. The number of nitrogens with zero attached hydrogens (tertiary/aromatic N) is 2. The van der Waals surface area contributed by atoms with Crippen molar-refractivity contribution < 1.29 is 54.0 Å². The topological polar surface area (TPSA) is 24.9 Å². The van der Waals surface area contributed by atoms with Gasteiger partial charge in [-0.2, -0.15) is 0 Å². The van der Waals surface area contributed by atoms with Crippen molar-refractivity contribution in [1.29, 1.82) is 0 Å². The average Bonchev–Trinajstić information content (AvgIpc) is 3.64. The average molecular weight is 587 g/mol. The first kappa shape index (κ1) is 36.3. The summed E-state index contributed by atoms with van der Waals surface area (Å²) in [7, 11) is 0. The minimum atomic E-state index is -0.421. The normalized spacial score (nSPS) is 13.5. The van der Waals surface area contributed by atoms with Gasteiger partial charge in [0.1, 0.15) is 0 Å². The van der Waals surface area contributed by atoms with Crippen LogP contribution in [0.4, 0.5) is 11.4 Å². The molecule has 7 heteroatoms. The van der Waals surface area contributed by atoms with Gasteiger partial charge in [0.05, 0.1) is 0 Å². The molecule has 0 spiro atoms. The van der Waals surface area contributed by atoms with Gasteiger partial charge in [-0.05, 0) is 25.7 Å². The fourth-order valence-electron chi connectivity index (χ4n) is 3.98. The molecule has 0 unspecified atom stereocenters. The molecule has 0 aromatic heterocycles. The van der Waals surface area contributed by atoms with Gasteiger partial charge in [0, 0.05) is 26.4 Å². The molecular formula is C30H48Cl2N2O2Ti. The molecule has 2 aliphatic rings. The third-order valence-corrected chi connectivity index (χ3v) is 8.38. The maximum atomic E-state index is 4.94. The monoisotopic (exact) mass is 586 g/mol. The van der Waals surface area contributed by atoms with E-state index in [9.17, 15) is 0 Å². The molecule has 2 aliphatic heterocycles. The van der Waals surface area contributed by atoms with Gasteiger partial charge in [-0.3, -0.25) is 0 Å². The maximum absolute atomic E-state index is 4.94. The van der Waals surface area contributed by atoms with Crippen LogP contribution in [0.3, 0.4) is 0 Å². The molecule has 37 heavy (non-hydrogen) atoms. The number of unbranched alkanes of at least 4 members (excludes halogenated alkanes) is 2. The molecular weight excluding hydrogens is 539 g/mol. The van der Waals surface area contributed by atoms with Gasteiger partial charge in [0.15, 0.2) is 0 Å². The van der Waals surface area contributed by atoms with Crippen LogP contribution in [0.15, 0.2) is 48.5 Å². The fourth-order valence-corrected chi connectivity index (χ4v) is 6.36. The SMILES string of the molecule is C1CCOC1.C1CCOC1.CCCC[N]([Ti+2][N](CCCC)c1ccccc1C)c1ccccc1C.[Cl-].[Cl-]. The molecule has 0 bridgehead atoms. The first-order valence-electron chi connectivity index (χ1n) is 13.8. The van der Waals surface area contributed by atoms with Crippen LogP contribution >= 0.6 is 0 Å². The van der Waals surface area contributed by atoms with Crippen LogP contribution in [0.1, 0.15) is 76.3 Å². The van der Waals surface area contributed by atoms with E-state index >= 15 is 0 Å². The Hall–Kier alpha value is -0.746. The number of rotatable bonds is 10. The van der Waals surface area contributed by atoms with Crippen LogP contribution in [0, 0.1) is 13.8 Å². The first-order valence-corrected chi connectivity index (χ1v) is 15.1. The van der Waals surface area contributed by atoms with E-state index in [0.29, 0.717) is 0 Å². The molecule has 2 saturated heterocycles. The van der Waals surface area contributed by atoms with E-state index in [1.54, 1.807) is 0 Å². The summed E-state index contributed by atoms with van der Waals surface area (Å²) >= 11 is -0.421. The van der Waals surface area contributed by atoms with Crippen LogP contribution in [0.2, 0.25) is 0 Å². The number of hydrogen-bond donors (Lipinski definition) is 0. The van der Waals surface area contributed by atoms with Crippen molar-refractivity contribution in [2.45, 2.75) is 79.1 Å². The summed E-state index contributed by atoms with van der Waals surface area (Å²) in [6.45, 7) is 15.4. The van der Waals surface area contributed by atoms with Gasteiger partial charge in [-0.15, -0.1) is 0 Å². The van der Waals surface area contributed by atoms with E-state index in [4.69, 9.17) is 9.47 Å². The van der Waals surface area contributed by atoms with E-state index < -0.39 is 19.7 Å². The molecule has 0 radical (unpaired) electrons. The molecule has 2 fully saturated rings. The van der Waals surface area contributed by atoms with Crippen molar-refractivity contribution in [2.24, 2.45) is 0 Å². The third kappa shape index (κ3) is 14.8. The predicted molar refractivity (Wildman–Crippen MR) is 147 cm³/mol. The van der Waals surface area contributed by atoms with Gasteiger partial charge in [-0.25, -0.2) is 0 Å². The van der Waals surface area contributed by atoms with Gasteiger partial charge in [0.2, 0.25) is 0 Å². The summed E-state index contributed by atoms with van der Waals surface area (Å²) in [6, 6.07) is 17.7. The first-order chi connectivity index (χ1) is 17.2. The molecule has 0 amide bonds. The minimum absolute atomic E-state index is 0. The Morgan fingerprint density at radius 2 is 0.973 bits per heavy atom. The van der Waals surface area contributed by atoms with Crippen LogP contribution in [0.25, 0.3) is 0 Å². The molecule has 0 saturated carbocycles. The second-order valence-electron chi connectivity index (χ2n) is 9.32. The van der Waals surface area contributed by atoms with Crippen molar-refractivity contribution in [3.05, 3.63) is 59.7 Å². The molecule has 2 aromatic carbocycles. The summed E-state index contributed by atoms with van der Waals surface area (Å²) in [5.41, 5.74) is 5.63. The second-order valence-corrected chi connectivity index (χ2v) is 11.3. The smallest absolute Gasteiger partial charge is 1.00 e. The minimum Gasteiger partial charge on any atom is -1.00 e. The van der Waals surface area contributed by atoms with Crippen LogP contribution in [-0.2, 0) is 29.1 Å². The number of ether oxygens (including phenoxy) is 2. The molecule has 4 rings (SSSR count). The van der Waals surface area contributed by atoms with Crippen molar-refractivity contribution >= 4 is 11.4 Å². The van der Waals surface area contributed by atoms with E-state index in [0.717, 1.165) is 39.5 Å². The Labute approximate surface area is 249 Å². The van der Waals surface area contributed by atoms with Crippen LogP contribution in [0.5, 0.6) is 0 Å². The Bertz CT molecular complexity index is 724. The molecule has 208 valence electrons. The number of aryl methyl sites for hydroxylation is 2. The van der Waals surface area contributed by atoms with E-state index in [1.165, 1.54) is 73.9 Å². The summed E-state index contributed by atoms with van der Waals surface area (Å²) in [6.07, 6.45) is 10.1. The number of para-hydroxylation sites is 2. The van der Waals surface area contributed by atoms with Crippen molar-refractivity contribution in [3.8, 4) is 0 Å². The third-order valence-electron chi connectivity index (χ3n) is 6.18. The van der Waals surface area contributed by atoms with Crippen molar-refractivity contribution in [3.63, 3.8) is 0 Å². The largest absolute Gasteiger partial charge is 1.00 e. The van der Waals surface area contributed by atoms with Crippen LogP contribution < -0.4 is 31.6 Å². The Kier molecular flexibility index (Phi) is 22.7. The summed E-state index contributed by atoms with van der Waals surface area (Å²) < 4.78 is 15.3. The number of halogens is 2. The maximum Gasteiger partial charge on any atom is -1.00 e. The molecule has 2 heterocycles. The van der Waals surface area contributed by atoms with Gasteiger partial charge >= 0.3 is 164 Å². The zero-order valence-electron chi connectivity index (χ0n) is 23.5. The van der Waals surface area contributed by atoms with E-state index in [-0.39, 0.29) is 24.8 Å². The van der Waals surface area contributed by atoms with E-state index in [1.807, 2.05) is 0 Å². The Balaban J connectivity index is 0.000000892. The standard InChI is InChI=1S/2C11H16N.2C4H8O.2ClH.Ti/c2*1-3-4-9-12-11-8-6-5-7-10(11)2;2*1-2-4-5-3-1;;;/h2*5-8H,3-4,9H2,1-2H3;2*1-4H2;2*1H;/q2*-1;;;;;+4/p-2. The quantitative estimate of drug-likeness (QED) is 0.396. The summed E-state index contributed by atoms with van der Waals surface area (Å²) in [4.78, 5) is 0. The van der Waals surface area contributed by atoms with E-state index in [2.05, 4.69) is 83.0 Å². The molecule has 0 N–H and O–H groups in total. The molecule has 2 aromatic rings. The fraction of sp³-hybridized carbons (Fsp3) is 0.600. The molecule has 0 atom stereocenters. The Morgan fingerprint density at radius 1 is 0.622 bits per heavy atom. The zero-order chi connectivity index (χ0) is 25.1. The van der Waals surface area contributed by atoms with Gasteiger partial charge in [0.25, 0.3) is 0 Å². The van der Waals surface area contributed by atoms with Gasteiger partial charge in [-0.1, -0.05) is 0 Å². The van der Waals surface area contributed by atoms with Gasteiger partial charge < -0.3 is 34.3 Å². The number of benzene rings is 2. The van der Waals surface area contributed by atoms with Crippen molar-refractivity contribution in [2.75, 3.05) is 46.3 Å². The second kappa shape index (κ2) is 23.2. The predicted octanol–water partition coefficient (Wildman–Crippen LogP) is 1.73. The summed E-state index contributed by atoms with van der Waals surface area (Å²) in [5.74, 6) is 0. The number of hydrogen-bond acceptors (Lipinski definition) is 4. The zero-order valence-corrected chi connectivity index (χ0v) is 26.6. The summed E-state index contributed by atoms with van der Waals surface area (Å²) in [5, 5.41) is 0. The number of anilines is 2. The van der Waals surface area contributed by atoms with Crippen LogP contribution in [-0.4, -0.2) is 39.5 Å². The molecule has 0 aliphatic carbocycles. The Morgan fingerprint density at radius 3 is 1.24 bits per heavy atom. The van der Waals surface area contributed by atoms with Crippen molar-refractivity contribution in [1.82, 2.24) is 0 Å².